The third-order valence-corrected chi connectivity index (χ3v) is 4.61. The van der Waals surface area contributed by atoms with E-state index in [1.807, 2.05) is 42.5 Å². The van der Waals surface area contributed by atoms with E-state index >= 15 is 0 Å². The fourth-order valence-corrected chi connectivity index (χ4v) is 3.29. The second-order valence-electron chi connectivity index (χ2n) is 6.62. The standard InChI is InChI=1S/C22H24N2O4/c1-2-28-21(26)13-12-20(25)23-18-10-11-19-17(15-18)9-6-14-24(19)22(27)16-7-4-3-5-8-16/h3-5,7-8,10-11,15H,2,6,9,12-14H2,1H3,(H,23,25). The van der Waals surface area contributed by atoms with Crippen molar-refractivity contribution in [2.45, 2.75) is 32.6 Å². The van der Waals surface area contributed by atoms with Crippen LogP contribution in [0, 0.1) is 0 Å². The number of ether oxygens (including phenoxy) is 1. The zero-order chi connectivity index (χ0) is 19.9. The van der Waals surface area contributed by atoms with Gasteiger partial charge < -0.3 is 15.0 Å². The van der Waals surface area contributed by atoms with Gasteiger partial charge in [0.25, 0.3) is 5.91 Å². The highest BCUT2D eigenvalue weighted by atomic mass is 16.5. The van der Waals surface area contributed by atoms with Gasteiger partial charge in [0.2, 0.25) is 5.91 Å². The molecule has 0 saturated heterocycles. The second kappa shape index (κ2) is 9.17. The molecule has 0 radical (unpaired) electrons. The van der Waals surface area contributed by atoms with Crippen molar-refractivity contribution in [1.29, 1.82) is 0 Å². The van der Waals surface area contributed by atoms with Gasteiger partial charge in [-0.15, -0.1) is 0 Å². The SMILES string of the molecule is CCOC(=O)CCC(=O)Nc1ccc2c(c1)CCCN2C(=O)c1ccccc1. The summed E-state index contributed by atoms with van der Waals surface area (Å²) in [5, 5.41) is 2.82. The Morgan fingerprint density at radius 3 is 2.61 bits per heavy atom. The van der Waals surface area contributed by atoms with Crippen LogP contribution in [0.3, 0.4) is 0 Å². The third kappa shape index (κ3) is 4.76. The van der Waals surface area contributed by atoms with Gasteiger partial charge >= 0.3 is 5.97 Å². The molecule has 2 aromatic carbocycles. The minimum atomic E-state index is -0.377. The lowest BCUT2D eigenvalue weighted by Gasteiger charge is -2.30. The van der Waals surface area contributed by atoms with Gasteiger partial charge in [-0.25, -0.2) is 0 Å². The number of carbonyl (C=O) groups is 3. The van der Waals surface area contributed by atoms with E-state index < -0.39 is 0 Å². The minimum Gasteiger partial charge on any atom is -0.466 e. The predicted octanol–water partition coefficient (Wildman–Crippen LogP) is 3.56. The zero-order valence-corrected chi connectivity index (χ0v) is 15.9. The molecule has 1 aliphatic rings. The molecule has 1 heterocycles. The molecule has 1 aliphatic heterocycles. The lowest BCUT2D eigenvalue weighted by atomic mass is 10.00. The Morgan fingerprint density at radius 2 is 1.86 bits per heavy atom. The van der Waals surface area contributed by atoms with Gasteiger partial charge in [0, 0.05) is 29.9 Å². The van der Waals surface area contributed by atoms with Crippen LogP contribution in [0.2, 0.25) is 0 Å². The van der Waals surface area contributed by atoms with Crippen LogP contribution >= 0.6 is 0 Å². The maximum atomic E-state index is 12.8. The highest BCUT2D eigenvalue weighted by Gasteiger charge is 2.23. The molecule has 0 aliphatic carbocycles. The number of esters is 1. The van der Waals surface area contributed by atoms with E-state index in [0.29, 0.717) is 24.4 Å². The summed E-state index contributed by atoms with van der Waals surface area (Å²) >= 11 is 0. The van der Waals surface area contributed by atoms with Crippen LogP contribution in [0.1, 0.15) is 42.1 Å². The predicted molar refractivity (Wildman–Crippen MR) is 107 cm³/mol. The Balaban J connectivity index is 1.68. The molecular weight excluding hydrogens is 356 g/mol. The average molecular weight is 380 g/mol. The lowest BCUT2D eigenvalue weighted by Crippen LogP contribution is -2.35. The first kappa shape index (κ1) is 19.6. The summed E-state index contributed by atoms with van der Waals surface area (Å²) in [6.45, 7) is 2.71. The van der Waals surface area contributed by atoms with Crippen molar-refractivity contribution in [3.63, 3.8) is 0 Å². The summed E-state index contributed by atoms with van der Waals surface area (Å²) < 4.78 is 4.83. The number of hydrogen-bond donors (Lipinski definition) is 1. The molecule has 0 bridgehead atoms. The Morgan fingerprint density at radius 1 is 1.07 bits per heavy atom. The largest absolute Gasteiger partial charge is 0.466 e. The van der Waals surface area contributed by atoms with Crippen molar-refractivity contribution in [1.82, 2.24) is 0 Å². The number of anilines is 2. The first-order chi connectivity index (χ1) is 13.6. The normalized spacial score (nSPS) is 12.8. The number of amides is 2. The van der Waals surface area contributed by atoms with Crippen LogP contribution in [-0.4, -0.2) is 30.9 Å². The van der Waals surface area contributed by atoms with E-state index in [2.05, 4.69) is 5.32 Å². The van der Waals surface area contributed by atoms with Crippen LogP contribution in [0.15, 0.2) is 48.5 Å². The van der Waals surface area contributed by atoms with Gasteiger partial charge in [0.15, 0.2) is 0 Å². The van der Waals surface area contributed by atoms with Gasteiger partial charge in [-0.3, -0.25) is 14.4 Å². The van der Waals surface area contributed by atoms with Crippen molar-refractivity contribution in [3.05, 3.63) is 59.7 Å². The Hall–Kier alpha value is -3.15. The molecule has 1 N–H and O–H groups in total. The molecule has 0 fully saturated rings. The number of nitrogens with zero attached hydrogens (tertiary/aromatic N) is 1. The lowest BCUT2D eigenvalue weighted by molar-refractivity contribution is -0.144. The fourth-order valence-electron chi connectivity index (χ4n) is 3.29. The van der Waals surface area contributed by atoms with E-state index in [4.69, 9.17) is 4.74 Å². The Labute approximate surface area is 164 Å². The summed E-state index contributed by atoms with van der Waals surface area (Å²) in [6, 6.07) is 14.8. The molecular formula is C22H24N2O4. The van der Waals surface area contributed by atoms with E-state index in [1.165, 1.54) is 0 Å². The van der Waals surface area contributed by atoms with Crippen molar-refractivity contribution in [2.75, 3.05) is 23.4 Å². The molecule has 0 saturated carbocycles. The Kier molecular flexibility index (Phi) is 6.42. The summed E-state index contributed by atoms with van der Waals surface area (Å²) in [7, 11) is 0. The van der Waals surface area contributed by atoms with Gasteiger partial charge in [-0.2, -0.15) is 0 Å². The third-order valence-electron chi connectivity index (χ3n) is 4.61. The molecule has 6 nitrogen and oxygen atoms in total. The molecule has 3 rings (SSSR count). The van der Waals surface area contributed by atoms with Crippen LogP contribution in [0.5, 0.6) is 0 Å². The Bertz CT molecular complexity index is 864. The molecule has 2 amide bonds. The summed E-state index contributed by atoms with van der Waals surface area (Å²) in [5.41, 5.74) is 3.23. The van der Waals surface area contributed by atoms with Gasteiger partial charge in [-0.05, 0) is 55.7 Å². The highest BCUT2D eigenvalue weighted by molar-refractivity contribution is 6.07. The second-order valence-corrected chi connectivity index (χ2v) is 6.62. The topological polar surface area (TPSA) is 75.7 Å². The number of benzene rings is 2. The van der Waals surface area contributed by atoms with E-state index in [9.17, 15) is 14.4 Å². The van der Waals surface area contributed by atoms with Crippen molar-refractivity contribution >= 4 is 29.2 Å². The molecule has 0 spiro atoms. The zero-order valence-electron chi connectivity index (χ0n) is 15.9. The molecule has 0 atom stereocenters. The number of hydrogen-bond acceptors (Lipinski definition) is 4. The van der Waals surface area contributed by atoms with E-state index in [0.717, 1.165) is 24.1 Å². The first-order valence-electron chi connectivity index (χ1n) is 9.54. The van der Waals surface area contributed by atoms with Crippen LogP contribution < -0.4 is 10.2 Å². The molecule has 2 aromatic rings. The molecule has 28 heavy (non-hydrogen) atoms. The average Bonchev–Trinajstić information content (AvgIpc) is 2.72. The smallest absolute Gasteiger partial charge is 0.306 e. The quantitative estimate of drug-likeness (QED) is 0.778. The molecule has 0 unspecified atom stereocenters. The van der Waals surface area contributed by atoms with E-state index in [1.54, 1.807) is 17.9 Å². The molecule has 0 aromatic heterocycles. The van der Waals surface area contributed by atoms with Crippen LogP contribution in [0.4, 0.5) is 11.4 Å². The van der Waals surface area contributed by atoms with Crippen LogP contribution in [0.25, 0.3) is 0 Å². The summed E-state index contributed by atoms with van der Waals surface area (Å²) in [6.07, 6.45) is 1.85. The first-order valence-corrected chi connectivity index (χ1v) is 9.54. The number of nitrogens with one attached hydrogen (secondary N) is 1. The van der Waals surface area contributed by atoms with Gasteiger partial charge in [0.05, 0.1) is 13.0 Å². The molecule has 6 heteroatoms. The van der Waals surface area contributed by atoms with Crippen molar-refractivity contribution < 1.29 is 19.1 Å². The van der Waals surface area contributed by atoms with Gasteiger partial charge in [0.1, 0.15) is 0 Å². The number of rotatable bonds is 6. The fraction of sp³-hybridized carbons (Fsp3) is 0.318. The number of aryl methyl sites for hydroxylation is 1. The van der Waals surface area contributed by atoms with Crippen molar-refractivity contribution in [2.24, 2.45) is 0 Å². The van der Waals surface area contributed by atoms with Gasteiger partial charge in [-0.1, -0.05) is 18.2 Å². The maximum Gasteiger partial charge on any atom is 0.306 e. The van der Waals surface area contributed by atoms with Crippen molar-refractivity contribution in [3.8, 4) is 0 Å². The highest BCUT2D eigenvalue weighted by Crippen LogP contribution is 2.31. The summed E-state index contributed by atoms with van der Waals surface area (Å²) in [5.74, 6) is -0.632. The number of carbonyl (C=O) groups excluding carboxylic acids is 3. The maximum absolute atomic E-state index is 12.8. The monoisotopic (exact) mass is 380 g/mol. The van der Waals surface area contributed by atoms with Crippen LogP contribution in [-0.2, 0) is 20.7 Å². The molecule has 146 valence electrons. The van der Waals surface area contributed by atoms with E-state index in [-0.39, 0.29) is 30.6 Å². The summed E-state index contributed by atoms with van der Waals surface area (Å²) in [4.78, 5) is 38.1. The minimum absolute atomic E-state index is 0.0206. The number of fused-ring (bicyclic) bond motifs is 1.